The standard InChI is InChI=1S/C24H20Cl2F3N5O/c25-18-8-4-14(9-20(18)29)23(35)32-24(30-12-15-3-7-17(28)10-19(15)26)31-22-11-21(33-34-22)13-1-5-16(27)6-2-13/h1-10,21-22,33-34H,11-12H2,(H2,30,31,32,35). The molecule has 1 heterocycles. The second-order valence-corrected chi connectivity index (χ2v) is 8.62. The molecule has 0 spiro atoms. The Labute approximate surface area is 209 Å². The van der Waals surface area contributed by atoms with Gasteiger partial charge in [-0.15, -0.1) is 0 Å². The lowest BCUT2D eigenvalue weighted by Crippen LogP contribution is -2.50. The Balaban J connectivity index is 1.50. The minimum absolute atomic E-state index is 0.0399. The number of rotatable bonds is 5. The van der Waals surface area contributed by atoms with Crippen LogP contribution in [0.25, 0.3) is 0 Å². The largest absolute Gasteiger partial charge is 0.339 e. The molecule has 0 aromatic heterocycles. The Morgan fingerprint density at radius 3 is 2.40 bits per heavy atom. The van der Waals surface area contributed by atoms with Crippen LogP contribution in [0.15, 0.2) is 65.7 Å². The van der Waals surface area contributed by atoms with E-state index in [9.17, 15) is 18.0 Å². The first-order valence-electron chi connectivity index (χ1n) is 10.6. The summed E-state index contributed by atoms with van der Waals surface area (Å²) in [5.41, 5.74) is 7.62. The molecule has 4 rings (SSSR count). The first-order valence-corrected chi connectivity index (χ1v) is 11.3. The molecule has 2 atom stereocenters. The predicted molar refractivity (Wildman–Crippen MR) is 128 cm³/mol. The van der Waals surface area contributed by atoms with Crippen LogP contribution in [-0.4, -0.2) is 18.0 Å². The van der Waals surface area contributed by atoms with Gasteiger partial charge in [-0.1, -0.05) is 41.4 Å². The summed E-state index contributed by atoms with van der Waals surface area (Å²) in [6.07, 6.45) is 0.169. The van der Waals surface area contributed by atoms with Gasteiger partial charge in [0.15, 0.2) is 5.96 Å². The maximum absolute atomic E-state index is 13.8. The van der Waals surface area contributed by atoms with Crippen LogP contribution in [0.2, 0.25) is 10.0 Å². The molecule has 0 bridgehead atoms. The van der Waals surface area contributed by atoms with E-state index in [0.29, 0.717) is 12.0 Å². The van der Waals surface area contributed by atoms with E-state index < -0.39 is 17.5 Å². The van der Waals surface area contributed by atoms with Crippen LogP contribution in [0.3, 0.4) is 0 Å². The van der Waals surface area contributed by atoms with E-state index >= 15 is 0 Å². The summed E-state index contributed by atoms with van der Waals surface area (Å²) in [5.74, 6) is -2.06. The van der Waals surface area contributed by atoms with Crippen molar-refractivity contribution in [3.63, 3.8) is 0 Å². The highest BCUT2D eigenvalue weighted by Gasteiger charge is 2.26. The van der Waals surface area contributed by atoms with E-state index in [-0.39, 0.29) is 46.1 Å². The minimum atomic E-state index is -0.729. The normalized spacial score (nSPS) is 17.9. The molecule has 2 unspecified atom stereocenters. The van der Waals surface area contributed by atoms with E-state index in [4.69, 9.17) is 23.2 Å². The number of halogens is 5. The highest BCUT2D eigenvalue weighted by Crippen LogP contribution is 2.22. The van der Waals surface area contributed by atoms with Crippen molar-refractivity contribution in [1.29, 1.82) is 0 Å². The van der Waals surface area contributed by atoms with Crippen molar-refractivity contribution in [2.45, 2.75) is 25.2 Å². The van der Waals surface area contributed by atoms with Crippen molar-refractivity contribution in [3.05, 3.63) is 105 Å². The molecule has 1 aliphatic rings. The van der Waals surface area contributed by atoms with Gasteiger partial charge >= 0.3 is 0 Å². The maximum Gasteiger partial charge on any atom is 0.258 e. The van der Waals surface area contributed by atoms with Crippen molar-refractivity contribution in [1.82, 2.24) is 21.5 Å². The molecule has 1 fully saturated rings. The molecular formula is C24H20Cl2F3N5O. The SMILES string of the molecule is O=C(NC(=NCc1ccc(F)cc1Cl)NC1CC(c2ccc(F)cc2)NN1)c1ccc(Cl)c(F)c1. The molecule has 4 N–H and O–H groups in total. The Morgan fingerprint density at radius 2 is 1.69 bits per heavy atom. The number of guanidine groups is 1. The lowest BCUT2D eigenvalue weighted by molar-refractivity contribution is 0.0975. The van der Waals surface area contributed by atoms with Crippen LogP contribution in [-0.2, 0) is 6.54 Å². The van der Waals surface area contributed by atoms with Crippen molar-refractivity contribution >= 4 is 35.1 Å². The van der Waals surface area contributed by atoms with Crippen LogP contribution >= 0.6 is 23.2 Å². The molecule has 6 nitrogen and oxygen atoms in total. The summed E-state index contributed by atoms with van der Waals surface area (Å²) in [6, 6.07) is 13.6. The number of carbonyl (C=O) groups is 1. The van der Waals surface area contributed by atoms with Crippen LogP contribution < -0.4 is 21.5 Å². The third kappa shape index (κ3) is 6.52. The average molecular weight is 522 g/mol. The van der Waals surface area contributed by atoms with Gasteiger partial charge in [0.2, 0.25) is 0 Å². The molecule has 0 saturated carbocycles. The van der Waals surface area contributed by atoms with Gasteiger partial charge in [-0.25, -0.2) is 29.0 Å². The maximum atomic E-state index is 13.8. The van der Waals surface area contributed by atoms with Crippen LogP contribution in [0.1, 0.15) is 33.9 Å². The van der Waals surface area contributed by atoms with Gasteiger partial charge in [0.05, 0.1) is 17.7 Å². The lowest BCUT2D eigenvalue weighted by atomic mass is 10.0. The fourth-order valence-corrected chi connectivity index (χ4v) is 3.83. The average Bonchev–Trinajstić information content (AvgIpc) is 3.29. The van der Waals surface area contributed by atoms with Crippen molar-refractivity contribution in [2.75, 3.05) is 0 Å². The zero-order valence-corrected chi connectivity index (χ0v) is 19.6. The third-order valence-electron chi connectivity index (χ3n) is 5.32. The number of aliphatic imine (C=N–C) groups is 1. The summed E-state index contributed by atoms with van der Waals surface area (Å²) in [6.45, 7) is 0.0399. The number of benzene rings is 3. The van der Waals surface area contributed by atoms with Gasteiger partial charge in [-0.05, 0) is 53.6 Å². The highest BCUT2D eigenvalue weighted by atomic mass is 35.5. The number of hydrogen-bond donors (Lipinski definition) is 4. The highest BCUT2D eigenvalue weighted by molar-refractivity contribution is 6.31. The molecule has 3 aromatic carbocycles. The topological polar surface area (TPSA) is 77.5 Å². The molecule has 0 radical (unpaired) electrons. The summed E-state index contributed by atoms with van der Waals surface area (Å²) < 4.78 is 40.4. The minimum Gasteiger partial charge on any atom is -0.339 e. The van der Waals surface area contributed by atoms with E-state index in [1.807, 2.05) is 0 Å². The molecule has 35 heavy (non-hydrogen) atoms. The first kappa shape index (κ1) is 25.0. The fraction of sp³-hybridized carbons (Fsp3) is 0.167. The Kier molecular flexibility index (Phi) is 7.92. The van der Waals surface area contributed by atoms with Crippen LogP contribution in [0, 0.1) is 17.5 Å². The third-order valence-corrected chi connectivity index (χ3v) is 5.98. The lowest BCUT2D eigenvalue weighted by Gasteiger charge is -2.17. The summed E-state index contributed by atoms with van der Waals surface area (Å²) in [5, 5.41) is 5.80. The van der Waals surface area contributed by atoms with Gasteiger partial charge in [-0.2, -0.15) is 0 Å². The van der Waals surface area contributed by atoms with Gasteiger partial charge in [-0.3, -0.25) is 10.1 Å². The van der Waals surface area contributed by atoms with Crippen molar-refractivity contribution in [3.8, 4) is 0 Å². The van der Waals surface area contributed by atoms with E-state index in [1.54, 1.807) is 12.1 Å². The quantitative estimate of drug-likeness (QED) is 0.286. The Bertz CT molecular complexity index is 1260. The van der Waals surface area contributed by atoms with Crippen LogP contribution in [0.4, 0.5) is 13.2 Å². The summed E-state index contributed by atoms with van der Waals surface area (Å²) in [4.78, 5) is 17.1. The number of nitrogens with zero attached hydrogens (tertiary/aromatic N) is 1. The predicted octanol–water partition coefficient (Wildman–Crippen LogP) is 4.85. The zero-order valence-electron chi connectivity index (χ0n) is 18.1. The molecule has 1 amide bonds. The first-order chi connectivity index (χ1) is 16.8. The van der Waals surface area contributed by atoms with Crippen LogP contribution in [0.5, 0.6) is 0 Å². The molecule has 182 valence electrons. The van der Waals surface area contributed by atoms with Crippen molar-refractivity contribution < 1.29 is 18.0 Å². The smallest absolute Gasteiger partial charge is 0.258 e. The molecular weight excluding hydrogens is 502 g/mol. The van der Waals surface area contributed by atoms with Gasteiger partial charge in [0.25, 0.3) is 5.91 Å². The number of carbonyl (C=O) groups excluding carboxylic acids is 1. The number of nitrogens with one attached hydrogen (secondary N) is 4. The number of hydrazine groups is 1. The summed E-state index contributed by atoms with van der Waals surface area (Å²) >= 11 is 11.8. The Morgan fingerprint density at radius 1 is 0.943 bits per heavy atom. The van der Waals surface area contributed by atoms with E-state index in [0.717, 1.165) is 11.6 Å². The molecule has 1 saturated heterocycles. The number of hydrogen-bond acceptors (Lipinski definition) is 4. The molecule has 3 aromatic rings. The van der Waals surface area contributed by atoms with E-state index in [1.165, 1.54) is 42.5 Å². The fourth-order valence-electron chi connectivity index (χ4n) is 3.48. The monoisotopic (exact) mass is 521 g/mol. The Hall–Kier alpha value is -3.11. The number of amides is 1. The molecule has 1 aliphatic heterocycles. The molecule has 11 heteroatoms. The second kappa shape index (κ2) is 11.1. The second-order valence-electron chi connectivity index (χ2n) is 7.81. The van der Waals surface area contributed by atoms with Gasteiger partial charge < -0.3 is 5.32 Å². The van der Waals surface area contributed by atoms with Gasteiger partial charge in [0, 0.05) is 23.0 Å². The zero-order chi connectivity index (χ0) is 24.9. The summed E-state index contributed by atoms with van der Waals surface area (Å²) in [7, 11) is 0. The van der Waals surface area contributed by atoms with Crippen molar-refractivity contribution in [2.24, 2.45) is 4.99 Å². The van der Waals surface area contributed by atoms with Gasteiger partial charge in [0.1, 0.15) is 17.5 Å². The molecule has 0 aliphatic carbocycles. The van der Waals surface area contributed by atoms with E-state index in [2.05, 4.69) is 26.5 Å².